The standard InChI is InChI=1S/C13H23N3O3S/c1-5-16(9(2)8-19-4)12-6-11(14)7-13(10(12)3)20(15,17)18/h6-7,9H,5,8,14H2,1-4H3,(H2,15,17,18). The van der Waals surface area contributed by atoms with E-state index in [1.54, 1.807) is 20.1 Å². The molecule has 20 heavy (non-hydrogen) atoms. The van der Waals surface area contributed by atoms with Gasteiger partial charge in [-0.1, -0.05) is 0 Å². The predicted molar refractivity (Wildman–Crippen MR) is 81.3 cm³/mol. The number of rotatable bonds is 6. The first kappa shape index (κ1) is 16.7. The molecule has 0 saturated heterocycles. The second-order valence-corrected chi connectivity index (χ2v) is 6.33. The molecule has 114 valence electrons. The minimum Gasteiger partial charge on any atom is -0.399 e. The van der Waals surface area contributed by atoms with Crippen LogP contribution >= 0.6 is 0 Å². The van der Waals surface area contributed by atoms with Gasteiger partial charge in [0, 0.05) is 31.1 Å². The molecular formula is C13H23N3O3S. The Morgan fingerprint density at radius 1 is 1.40 bits per heavy atom. The van der Waals surface area contributed by atoms with Gasteiger partial charge < -0.3 is 15.4 Å². The van der Waals surface area contributed by atoms with E-state index in [-0.39, 0.29) is 10.9 Å². The fourth-order valence-corrected chi connectivity index (χ4v) is 3.17. The normalized spacial score (nSPS) is 13.2. The second kappa shape index (κ2) is 6.43. The Bertz CT molecular complexity index is 572. The molecular weight excluding hydrogens is 278 g/mol. The van der Waals surface area contributed by atoms with E-state index in [4.69, 9.17) is 15.6 Å². The molecule has 0 spiro atoms. The van der Waals surface area contributed by atoms with Gasteiger partial charge in [0.05, 0.1) is 11.5 Å². The zero-order chi connectivity index (χ0) is 15.5. The lowest BCUT2D eigenvalue weighted by Gasteiger charge is -2.31. The van der Waals surface area contributed by atoms with Gasteiger partial charge >= 0.3 is 0 Å². The number of nitrogens with two attached hydrogens (primary N) is 2. The molecule has 0 heterocycles. The third-order valence-electron chi connectivity index (χ3n) is 3.25. The van der Waals surface area contributed by atoms with E-state index < -0.39 is 10.0 Å². The SMILES string of the molecule is CCN(c1cc(N)cc(S(N)(=O)=O)c1C)C(C)COC. The van der Waals surface area contributed by atoms with Crippen molar-refractivity contribution in [1.82, 2.24) is 0 Å². The van der Waals surface area contributed by atoms with Gasteiger partial charge in [-0.25, -0.2) is 13.6 Å². The van der Waals surface area contributed by atoms with Crippen LogP contribution in [-0.4, -0.2) is 34.7 Å². The van der Waals surface area contributed by atoms with Gasteiger partial charge in [0.15, 0.2) is 0 Å². The molecule has 6 nitrogen and oxygen atoms in total. The molecule has 0 saturated carbocycles. The average Bonchev–Trinajstić information content (AvgIpc) is 2.33. The van der Waals surface area contributed by atoms with Crippen LogP contribution in [0.1, 0.15) is 19.4 Å². The molecule has 0 aliphatic heterocycles. The molecule has 1 aromatic carbocycles. The summed E-state index contributed by atoms with van der Waals surface area (Å²) in [6.45, 7) is 6.97. The van der Waals surface area contributed by atoms with Crippen LogP contribution in [0.25, 0.3) is 0 Å². The van der Waals surface area contributed by atoms with E-state index in [0.29, 0.717) is 24.4 Å². The lowest BCUT2D eigenvalue weighted by Crippen LogP contribution is -2.37. The van der Waals surface area contributed by atoms with Crippen LogP contribution in [0.3, 0.4) is 0 Å². The average molecular weight is 301 g/mol. The monoisotopic (exact) mass is 301 g/mol. The minimum absolute atomic E-state index is 0.0653. The third kappa shape index (κ3) is 3.62. The summed E-state index contributed by atoms with van der Waals surface area (Å²) in [5.41, 5.74) is 7.55. The highest BCUT2D eigenvalue weighted by atomic mass is 32.2. The topological polar surface area (TPSA) is 98.6 Å². The predicted octanol–water partition coefficient (Wildman–Crippen LogP) is 1.09. The summed E-state index contributed by atoms with van der Waals surface area (Å²) in [6, 6.07) is 3.25. The van der Waals surface area contributed by atoms with Crippen molar-refractivity contribution < 1.29 is 13.2 Å². The number of anilines is 2. The maximum Gasteiger partial charge on any atom is 0.238 e. The molecule has 7 heteroatoms. The van der Waals surface area contributed by atoms with Gasteiger partial charge in [0.2, 0.25) is 10.0 Å². The summed E-state index contributed by atoms with van der Waals surface area (Å²) >= 11 is 0. The minimum atomic E-state index is -3.80. The zero-order valence-corrected chi connectivity index (χ0v) is 13.2. The highest BCUT2D eigenvalue weighted by molar-refractivity contribution is 7.89. The Kier molecular flexibility index (Phi) is 5.38. The van der Waals surface area contributed by atoms with Gasteiger partial charge in [-0.05, 0) is 38.5 Å². The van der Waals surface area contributed by atoms with Gasteiger partial charge in [-0.15, -0.1) is 0 Å². The molecule has 1 rings (SSSR count). The summed E-state index contributed by atoms with van der Waals surface area (Å²) in [7, 11) is -2.16. The molecule has 0 aliphatic carbocycles. The molecule has 0 amide bonds. The smallest absolute Gasteiger partial charge is 0.238 e. The molecule has 0 radical (unpaired) electrons. The van der Waals surface area contributed by atoms with E-state index in [9.17, 15) is 8.42 Å². The highest BCUT2D eigenvalue weighted by Crippen LogP contribution is 2.30. The van der Waals surface area contributed by atoms with Gasteiger partial charge in [0.1, 0.15) is 0 Å². The van der Waals surface area contributed by atoms with E-state index in [1.165, 1.54) is 6.07 Å². The third-order valence-corrected chi connectivity index (χ3v) is 4.29. The number of methoxy groups -OCH3 is 1. The van der Waals surface area contributed by atoms with Gasteiger partial charge in [0.25, 0.3) is 0 Å². The van der Waals surface area contributed by atoms with Crippen molar-refractivity contribution in [2.75, 3.05) is 30.9 Å². The Labute approximate surface area is 120 Å². The largest absolute Gasteiger partial charge is 0.399 e. The van der Waals surface area contributed by atoms with Crippen molar-refractivity contribution in [3.05, 3.63) is 17.7 Å². The Morgan fingerprint density at radius 2 is 2.00 bits per heavy atom. The Morgan fingerprint density at radius 3 is 2.45 bits per heavy atom. The fourth-order valence-electron chi connectivity index (χ4n) is 2.34. The number of sulfonamides is 1. The van der Waals surface area contributed by atoms with Gasteiger partial charge in [-0.3, -0.25) is 0 Å². The van der Waals surface area contributed by atoms with Crippen LogP contribution < -0.4 is 15.8 Å². The number of benzene rings is 1. The van der Waals surface area contributed by atoms with Crippen LogP contribution in [0.15, 0.2) is 17.0 Å². The maximum atomic E-state index is 11.6. The molecule has 0 aliphatic rings. The zero-order valence-electron chi connectivity index (χ0n) is 12.4. The molecule has 1 unspecified atom stereocenters. The van der Waals surface area contributed by atoms with Crippen molar-refractivity contribution in [1.29, 1.82) is 0 Å². The van der Waals surface area contributed by atoms with E-state index in [1.807, 2.05) is 18.7 Å². The van der Waals surface area contributed by atoms with Crippen molar-refractivity contribution in [2.24, 2.45) is 5.14 Å². The van der Waals surface area contributed by atoms with Crippen LogP contribution in [0, 0.1) is 6.92 Å². The molecule has 4 N–H and O–H groups in total. The molecule has 1 atom stereocenters. The summed E-state index contributed by atoms with van der Waals surface area (Å²) in [5.74, 6) is 0. The van der Waals surface area contributed by atoms with Crippen LogP contribution in [0.4, 0.5) is 11.4 Å². The highest BCUT2D eigenvalue weighted by Gasteiger charge is 2.21. The van der Waals surface area contributed by atoms with E-state index in [2.05, 4.69) is 0 Å². The quantitative estimate of drug-likeness (QED) is 0.766. The van der Waals surface area contributed by atoms with Crippen molar-refractivity contribution in [3.63, 3.8) is 0 Å². The number of nitrogens with zero attached hydrogens (tertiary/aromatic N) is 1. The summed E-state index contributed by atoms with van der Waals surface area (Å²) in [5, 5.41) is 5.25. The van der Waals surface area contributed by atoms with Crippen molar-refractivity contribution in [2.45, 2.75) is 31.7 Å². The van der Waals surface area contributed by atoms with Gasteiger partial charge in [-0.2, -0.15) is 0 Å². The van der Waals surface area contributed by atoms with Crippen molar-refractivity contribution in [3.8, 4) is 0 Å². The van der Waals surface area contributed by atoms with Crippen LogP contribution in [0.5, 0.6) is 0 Å². The lowest BCUT2D eigenvalue weighted by molar-refractivity contribution is 0.182. The number of likely N-dealkylation sites (N-methyl/N-ethyl adjacent to an activating group) is 1. The number of primary sulfonamides is 1. The van der Waals surface area contributed by atoms with Crippen LogP contribution in [-0.2, 0) is 14.8 Å². The molecule has 0 fully saturated rings. The first-order valence-electron chi connectivity index (χ1n) is 6.40. The number of ether oxygens (including phenoxy) is 1. The first-order valence-corrected chi connectivity index (χ1v) is 7.95. The summed E-state index contributed by atoms with van der Waals surface area (Å²) in [6.07, 6.45) is 0. The summed E-state index contributed by atoms with van der Waals surface area (Å²) < 4.78 is 28.4. The number of nitrogen functional groups attached to an aromatic ring is 1. The fraction of sp³-hybridized carbons (Fsp3) is 0.538. The van der Waals surface area contributed by atoms with Crippen molar-refractivity contribution >= 4 is 21.4 Å². The number of hydrogen-bond donors (Lipinski definition) is 2. The van der Waals surface area contributed by atoms with E-state index >= 15 is 0 Å². The maximum absolute atomic E-state index is 11.6. The van der Waals surface area contributed by atoms with E-state index in [0.717, 1.165) is 5.69 Å². The first-order chi connectivity index (χ1) is 9.22. The lowest BCUT2D eigenvalue weighted by atomic mass is 10.1. The second-order valence-electron chi connectivity index (χ2n) is 4.80. The summed E-state index contributed by atoms with van der Waals surface area (Å²) in [4.78, 5) is 2.11. The number of hydrogen-bond acceptors (Lipinski definition) is 5. The molecule has 1 aromatic rings. The van der Waals surface area contributed by atoms with Crippen LogP contribution in [0.2, 0.25) is 0 Å². The Hall–Kier alpha value is -1.31. The Balaban J connectivity index is 3.40. The molecule has 0 aromatic heterocycles. The molecule has 0 bridgehead atoms.